The molecule has 2 fully saturated rings. The number of carbonyl (C=O) groups is 1. The molecule has 2 atom stereocenters. The Morgan fingerprint density at radius 2 is 2.05 bits per heavy atom. The van der Waals surface area contributed by atoms with Gasteiger partial charge in [0.25, 0.3) is 0 Å². The average molecular weight is 292 g/mol. The van der Waals surface area contributed by atoms with E-state index in [1.807, 2.05) is 4.90 Å². The molecular formula is C15H20N2O4. The van der Waals surface area contributed by atoms with Crippen molar-refractivity contribution in [2.75, 3.05) is 26.2 Å². The van der Waals surface area contributed by atoms with Crippen LogP contribution < -0.4 is 5.43 Å². The van der Waals surface area contributed by atoms with E-state index >= 15 is 0 Å². The zero-order valence-electron chi connectivity index (χ0n) is 12.1. The fraction of sp³-hybridized carbons (Fsp3) is 0.600. The van der Waals surface area contributed by atoms with Crippen LogP contribution in [0.15, 0.2) is 21.5 Å². The maximum atomic E-state index is 12.1. The van der Waals surface area contributed by atoms with Crippen LogP contribution in [0.25, 0.3) is 0 Å². The third-order valence-electron chi connectivity index (χ3n) is 4.36. The third kappa shape index (κ3) is 3.10. The minimum Gasteiger partial charge on any atom is -0.502 e. The zero-order chi connectivity index (χ0) is 15.0. The number of hydrogen-bond acceptors (Lipinski definition) is 5. The van der Waals surface area contributed by atoms with Crippen molar-refractivity contribution in [3.8, 4) is 5.75 Å². The first-order valence-corrected chi connectivity index (χ1v) is 7.36. The van der Waals surface area contributed by atoms with Crippen molar-refractivity contribution in [1.29, 1.82) is 0 Å². The van der Waals surface area contributed by atoms with Gasteiger partial charge in [0, 0.05) is 38.2 Å². The van der Waals surface area contributed by atoms with E-state index in [-0.39, 0.29) is 11.7 Å². The summed E-state index contributed by atoms with van der Waals surface area (Å²) < 4.78 is 5.21. The maximum absolute atomic E-state index is 12.1. The summed E-state index contributed by atoms with van der Waals surface area (Å²) in [5, 5.41) is 9.16. The number of nitrogens with zero attached hydrogens (tertiary/aromatic N) is 2. The molecular weight excluding hydrogens is 272 g/mol. The Hall–Kier alpha value is -1.82. The van der Waals surface area contributed by atoms with Crippen LogP contribution in [0.3, 0.4) is 0 Å². The molecule has 0 aromatic carbocycles. The minimum absolute atomic E-state index is 0.242. The molecule has 1 amide bonds. The number of amides is 1. The molecule has 1 saturated heterocycles. The quantitative estimate of drug-likeness (QED) is 0.885. The molecule has 0 radical (unpaired) electrons. The van der Waals surface area contributed by atoms with Crippen molar-refractivity contribution >= 4 is 5.91 Å². The highest BCUT2D eigenvalue weighted by Crippen LogP contribution is 2.39. The Morgan fingerprint density at radius 3 is 2.62 bits per heavy atom. The van der Waals surface area contributed by atoms with E-state index in [0.29, 0.717) is 24.1 Å². The van der Waals surface area contributed by atoms with Crippen LogP contribution in [0.5, 0.6) is 5.75 Å². The molecule has 114 valence electrons. The van der Waals surface area contributed by atoms with E-state index in [9.17, 15) is 9.59 Å². The first-order valence-electron chi connectivity index (χ1n) is 7.36. The molecule has 1 aromatic rings. The Balaban J connectivity index is 1.52. The van der Waals surface area contributed by atoms with Gasteiger partial charge in [0.1, 0.15) is 12.0 Å². The summed E-state index contributed by atoms with van der Waals surface area (Å²) in [5.74, 6) is 1.24. The number of carbonyl (C=O) groups excluding carboxylic acids is 1. The largest absolute Gasteiger partial charge is 0.502 e. The van der Waals surface area contributed by atoms with E-state index in [2.05, 4.69) is 11.8 Å². The molecule has 3 rings (SSSR count). The van der Waals surface area contributed by atoms with Gasteiger partial charge in [-0.15, -0.1) is 0 Å². The molecule has 6 heteroatoms. The summed E-state index contributed by atoms with van der Waals surface area (Å²) in [6, 6.07) is 1.32. The van der Waals surface area contributed by atoms with E-state index < -0.39 is 5.43 Å². The fourth-order valence-electron chi connectivity index (χ4n) is 2.77. The lowest BCUT2D eigenvalue weighted by Crippen LogP contribution is -2.48. The number of piperazine rings is 1. The Labute approximate surface area is 123 Å². The smallest absolute Gasteiger partial charge is 0.226 e. The van der Waals surface area contributed by atoms with Crippen LogP contribution in [-0.2, 0) is 11.3 Å². The van der Waals surface area contributed by atoms with Crippen molar-refractivity contribution in [3.63, 3.8) is 0 Å². The van der Waals surface area contributed by atoms with Gasteiger partial charge in [0.2, 0.25) is 11.3 Å². The lowest BCUT2D eigenvalue weighted by atomic mass is 10.2. The van der Waals surface area contributed by atoms with Crippen LogP contribution in [0.2, 0.25) is 0 Å². The molecule has 1 saturated carbocycles. The van der Waals surface area contributed by atoms with Gasteiger partial charge in [-0.3, -0.25) is 14.5 Å². The summed E-state index contributed by atoms with van der Waals surface area (Å²) in [4.78, 5) is 27.6. The highest BCUT2D eigenvalue weighted by molar-refractivity contribution is 5.81. The summed E-state index contributed by atoms with van der Waals surface area (Å²) in [7, 11) is 0. The molecule has 21 heavy (non-hydrogen) atoms. The van der Waals surface area contributed by atoms with E-state index in [0.717, 1.165) is 38.9 Å². The summed E-state index contributed by atoms with van der Waals surface area (Å²) in [6.07, 6.45) is 2.10. The average Bonchev–Trinajstić information content (AvgIpc) is 3.20. The Morgan fingerprint density at radius 1 is 1.38 bits per heavy atom. The predicted molar refractivity (Wildman–Crippen MR) is 75.8 cm³/mol. The van der Waals surface area contributed by atoms with Crippen LogP contribution in [0.4, 0.5) is 0 Å². The van der Waals surface area contributed by atoms with Crippen LogP contribution >= 0.6 is 0 Å². The van der Waals surface area contributed by atoms with Gasteiger partial charge in [-0.05, 0) is 12.3 Å². The lowest BCUT2D eigenvalue weighted by molar-refractivity contribution is -0.134. The van der Waals surface area contributed by atoms with Gasteiger partial charge in [0.15, 0.2) is 5.75 Å². The molecule has 2 unspecified atom stereocenters. The second kappa shape index (κ2) is 5.52. The highest BCUT2D eigenvalue weighted by Gasteiger charge is 2.41. The third-order valence-corrected chi connectivity index (χ3v) is 4.36. The van der Waals surface area contributed by atoms with Gasteiger partial charge < -0.3 is 14.4 Å². The fourth-order valence-corrected chi connectivity index (χ4v) is 2.77. The Kier molecular flexibility index (Phi) is 3.71. The van der Waals surface area contributed by atoms with E-state index in [1.165, 1.54) is 6.07 Å². The molecule has 0 bridgehead atoms. The zero-order valence-corrected chi connectivity index (χ0v) is 12.1. The van der Waals surface area contributed by atoms with Crippen molar-refractivity contribution < 1.29 is 14.3 Å². The van der Waals surface area contributed by atoms with Gasteiger partial charge >= 0.3 is 0 Å². The standard InChI is InChI=1S/C15H20N2O4/c1-10-6-12(10)15(20)17-4-2-16(3-5-17)8-11-7-13(18)14(19)9-21-11/h7,9-10,12,19H,2-6,8H2,1H3. The number of rotatable bonds is 3. The van der Waals surface area contributed by atoms with Crippen LogP contribution in [-0.4, -0.2) is 47.0 Å². The topological polar surface area (TPSA) is 74.0 Å². The second-order valence-electron chi connectivity index (χ2n) is 6.02. The van der Waals surface area contributed by atoms with Crippen LogP contribution in [0, 0.1) is 11.8 Å². The van der Waals surface area contributed by atoms with Crippen molar-refractivity contribution in [2.24, 2.45) is 11.8 Å². The molecule has 1 aliphatic heterocycles. The molecule has 1 aliphatic carbocycles. The van der Waals surface area contributed by atoms with Gasteiger partial charge in [0.05, 0.1) is 6.54 Å². The summed E-state index contributed by atoms with van der Waals surface area (Å²) >= 11 is 0. The highest BCUT2D eigenvalue weighted by atomic mass is 16.4. The summed E-state index contributed by atoms with van der Waals surface area (Å²) in [5.41, 5.74) is -0.423. The molecule has 2 aliphatic rings. The molecule has 1 N–H and O–H groups in total. The summed E-state index contributed by atoms with van der Waals surface area (Å²) in [6.45, 7) is 5.65. The molecule has 6 nitrogen and oxygen atoms in total. The second-order valence-corrected chi connectivity index (χ2v) is 6.02. The molecule has 1 aromatic heterocycles. The lowest BCUT2D eigenvalue weighted by Gasteiger charge is -2.34. The first-order chi connectivity index (χ1) is 10.0. The van der Waals surface area contributed by atoms with Crippen molar-refractivity contribution in [3.05, 3.63) is 28.3 Å². The SMILES string of the molecule is CC1CC1C(=O)N1CCN(Cc2cc(=O)c(O)co2)CC1. The molecule has 2 heterocycles. The molecule has 0 spiro atoms. The van der Waals surface area contributed by atoms with Gasteiger partial charge in [-0.25, -0.2) is 0 Å². The Bertz CT molecular complexity index is 590. The first kappa shape index (κ1) is 14.1. The predicted octanol–water partition coefficient (Wildman–Crippen LogP) is 0.646. The monoisotopic (exact) mass is 292 g/mol. The van der Waals surface area contributed by atoms with Gasteiger partial charge in [-0.1, -0.05) is 6.92 Å². The van der Waals surface area contributed by atoms with E-state index in [1.54, 1.807) is 0 Å². The normalized spacial score (nSPS) is 25.9. The van der Waals surface area contributed by atoms with Crippen LogP contribution in [0.1, 0.15) is 19.1 Å². The van der Waals surface area contributed by atoms with Crippen molar-refractivity contribution in [1.82, 2.24) is 9.80 Å². The van der Waals surface area contributed by atoms with Gasteiger partial charge in [-0.2, -0.15) is 0 Å². The van der Waals surface area contributed by atoms with Crippen molar-refractivity contribution in [2.45, 2.75) is 19.9 Å². The maximum Gasteiger partial charge on any atom is 0.226 e. The minimum atomic E-state index is -0.423. The number of hydrogen-bond donors (Lipinski definition) is 1. The van der Waals surface area contributed by atoms with E-state index in [4.69, 9.17) is 9.52 Å². The number of aromatic hydroxyl groups is 1.